The Kier molecular flexibility index (Phi) is 2.98. The molecule has 1 aliphatic carbocycles. The van der Waals surface area contributed by atoms with Crippen molar-refractivity contribution in [3.05, 3.63) is 29.3 Å². The molecule has 0 heterocycles. The number of carbonyl (C=O) groups is 2. The minimum Gasteiger partial charge on any atom is -0.496 e. The van der Waals surface area contributed by atoms with Crippen molar-refractivity contribution in [3.8, 4) is 5.75 Å². The molecule has 0 aromatic heterocycles. The molecule has 1 aliphatic rings. The molecule has 1 unspecified atom stereocenters. The molecule has 0 saturated heterocycles. The van der Waals surface area contributed by atoms with Gasteiger partial charge in [-0.3, -0.25) is 4.79 Å². The van der Waals surface area contributed by atoms with E-state index in [1.165, 1.54) is 6.92 Å². The van der Waals surface area contributed by atoms with Gasteiger partial charge >= 0.3 is 5.97 Å². The maximum absolute atomic E-state index is 11.6. The van der Waals surface area contributed by atoms with Gasteiger partial charge in [0.1, 0.15) is 5.75 Å². The second-order valence-corrected chi connectivity index (χ2v) is 4.38. The lowest BCUT2D eigenvalue weighted by Crippen LogP contribution is -2.49. The van der Waals surface area contributed by atoms with E-state index in [1.807, 2.05) is 0 Å². The molecule has 0 bridgehead atoms. The lowest BCUT2D eigenvalue weighted by Gasteiger charge is -2.26. The van der Waals surface area contributed by atoms with Crippen LogP contribution in [0, 0.1) is 0 Å². The highest BCUT2D eigenvalue weighted by molar-refractivity contribution is 5.89. The molecule has 0 radical (unpaired) electrons. The third kappa shape index (κ3) is 1.72. The fourth-order valence-electron chi connectivity index (χ4n) is 2.57. The van der Waals surface area contributed by atoms with Gasteiger partial charge in [-0.25, -0.2) is 4.79 Å². The Labute approximate surface area is 105 Å². The van der Waals surface area contributed by atoms with Gasteiger partial charge in [0.25, 0.3) is 0 Å². The Hall–Kier alpha value is -2.04. The van der Waals surface area contributed by atoms with E-state index in [0.29, 0.717) is 24.2 Å². The predicted molar refractivity (Wildman–Crippen MR) is 64.4 cm³/mol. The van der Waals surface area contributed by atoms with Gasteiger partial charge in [0, 0.05) is 12.5 Å². The van der Waals surface area contributed by atoms with Crippen LogP contribution in [0.5, 0.6) is 5.75 Å². The van der Waals surface area contributed by atoms with E-state index in [2.05, 4.69) is 5.32 Å². The van der Waals surface area contributed by atoms with Crippen molar-refractivity contribution in [2.24, 2.45) is 0 Å². The van der Waals surface area contributed by atoms with E-state index in [1.54, 1.807) is 25.3 Å². The van der Waals surface area contributed by atoms with Gasteiger partial charge in [0.2, 0.25) is 5.91 Å². The fourth-order valence-corrected chi connectivity index (χ4v) is 2.57. The first kappa shape index (κ1) is 12.4. The van der Waals surface area contributed by atoms with Crippen molar-refractivity contribution in [2.45, 2.75) is 25.3 Å². The lowest BCUT2D eigenvalue weighted by molar-refractivity contribution is -0.147. The van der Waals surface area contributed by atoms with Crippen LogP contribution in [0.3, 0.4) is 0 Å². The molecule has 18 heavy (non-hydrogen) atoms. The number of rotatable bonds is 3. The number of benzene rings is 1. The SMILES string of the molecule is COc1cccc2c1CCC2(NC(C)=O)C(=O)O. The smallest absolute Gasteiger partial charge is 0.334 e. The largest absolute Gasteiger partial charge is 0.496 e. The zero-order chi connectivity index (χ0) is 13.3. The molecular weight excluding hydrogens is 234 g/mol. The molecule has 0 fully saturated rings. The number of nitrogens with one attached hydrogen (secondary N) is 1. The molecule has 1 aromatic rings. The van der Waals surface area contributed by atoms with Gasteiger partial charge in [0.15, 0.2) is 5.54 Å². The number of hydrogen-bond donors (Lipinski definition) is 2. The van der Waals surface area contributed by atoms with Crippen molar-refractivity contribution in [2.75, 3.05) is 7.11 Å². The highest BCUT2D eigenvalue weighted by Gasteiger charge is 2.47. The standard InChI is InChI=1S/C13H15NO4/c1-8(15)14-13(12(16)17)7-6-9-10(13)4-3-5-11(9)18-2/h3-5H,6-7H2,1-2H3,(H,14,15)(H,16,17). The quantitative estimate of drug-likeness (QED) is 0.839. The Balaban J connectivity index is 2.56. The second kappa shape index (κ2) is 4.33. The van der Waals surface area contributed by atoms with Crippen molar-refractivity contribution >= 4 is 11.9 Å². The number of amides is 1. The number of aliphatic carboxylic acids is 1. The molecule has 1 atom stereocenters. The molecule has 1 amide bonds. The van der Waals surface area contributed by atoms with Crippen molar-refractivity contribution < 1.29 is 19.4 Å². The van der Waals surface area contributed by atoms with E-state index in [-0.39, 0.29) is 5.91 Å². The number of fused-ring (bicyclic) bond motifs is 1. The summed E-state index contributed by atoms with van der Waals surface area (Å²) in [5.41, 5.74) is 0.149. The first-order valence-electron chi connectivity index (χ1n) is 5.70. The molecule has 0 spiro atoms. The normalized spacial score (nSPS) is 21.2. The van der Waals surface area contributed by atoms with Gasteiger partial charge in [0.05, 0.1) is 7.11 Å². The topological polar surface area (TPSA) is 75.6 Å². The first-order chi connectivity index (χ1) is 8.51. The van der Waals surface area contributed by atoms with Gasteiger partial charge in [-0.15, -0.1) is 0 Å². The third-order valence-corrected chi connectivity index (χ3v) is 3.32. The number of methoxy groups -OCH3 is 1. The van der Waals surface area contributed by atoms with E-state index < -0.39 is 11.5 Å². The Bertz CT molecular complexity index is 512. The molecule has 0 saturated carbocycles. The van der Waals surface area contributed by atoms with Crippen LogP contribution in [0.25, 0.3) is 0 Å². The van der Waals surface area contributed by atoms with E-state index in [4.69, 9.17) is 4.74 Å². The molecule has 1 aromatic carbocycles. The summed E-state index contributed by atoms with van der Waals surface area (Å²) in [4.78, 5) is 22.8. The van der Waals surface area contributed by atoms with E-state index in [9.17, 15) is 14.7 Å². The zero-order valence-electron chi connectivity index (χ0n) is 10.3. The van der Waals surface area contributed by atoms with Gasteiger partial charge in [-0.2, -0.15) is 0 Å². The van der Waals surface area contributed by atoms with Crippen molar-refractivity contribution in [3.63, 3.8) is 0 Å². The average molecular weight is 249 g/mol. The molecule has 0 aliphatic heterocycles. The van der Waals surface area contributed by atoms with Crippen LogP contribution in [0.4, 0.5) is 0 Å². The minimum absolute atomic E-state index is 0.345. The summed E-state index contributed by atoms with van der Waals surface area (Å²) in [5, 5.41) is 12.0. The van der Waals surface area contributed by atoms with E-state index in [0.717, 1.165) is 5.56 Å². The summed E-state index contributed by atoms with van der Waals surface area (Å²) in [6, 6.07) is 5.27. The Morgan fingerprint density at radius 3 is 2.72 bits per heavy atom. The molecule has 5 nitrogen and oxygen atoms in total. The van der Waals surface area contributed by atoms with Crippen LogP contribution in [-0.4, -0.2) is 24.1 Å². The lowest BCUT2D eigenvalue weighted by atomic mass is 9.91. The Morgan fingerprint density at radius 1 is 1.44 bits per heavy atom. The number of ether oxygens (including phenoxy) is 1. The highest BCUT2D eigenvalue weighted by atomic mass is 16.5. The maximum atomic E-state index is 11.6. The van der Waals surface area contributed by atoms with Gasteiger partial charge in [-0.05, 0) is 24.5 Å². The van der Waals surface area contributed by atoms with Crippen molar-refractivity contribution in [1.82, 2.24) is 5.32 Å². The summed E-state index contributed by atoms with van der Waals surface area (Å²) in [5.74, 6) is -0.723. The molecule has 96 valence electrons. The Morgan fingerprint density at radius 2 is 2.17 bits per heavy atom. The third-order valence-electron chi connectivity index (χ3n) is 3.32. The number of carboxylic acids is 1. The second-order valence-electron chi connectivity index (χ2n) is 4.38. The highest BCUT2D eigenvalue weighted by Crippen LogP contribution is 2.41. The van der Waals surface area contributed by atoms with E-state index >= 15 is 0 Å². The van der Waals surface area contributed by atoms with Crippen LogP contribution >= 0.6 is 0 Å². The number of carboxylic acid groups (broad SMARTS) is 1. The first-order valence-corrected chi connectivity index (χ1v) is 5.70. The molecular formula is C13H15NO4. The van der Waals surface area contributed by atoms with Crippen LogP contribution in [0.15, 0.2) is 18.2 Å². The van der Waals surface area contributed by atoms with Crippen LogP contribution in [-0.2, 0) is 21.5 Å². The number of hydrogen-bond acceptors (Lipinski definition) is 3. The van der Waals surface area contributed by atoms with Crippen LogP contribution in [0.2, 0.25) is 0 Å². The molecule has 2 N–H and O–H groups in total. The fraction of sp³-hybridized carbons (Fsp3) is 0.385. The summed E-state index contributed by atoms with van der Waals surface area (Å²) in [6.07, 6.45) is 0.920. The summed E-state index contributed by atoms with van der Waals surface area (Å²) in [7, 11) is 1.55. The monoisotopic (exact) mass is 249 g/mol. The van der Waals surface area contributed by atoms with Gasteiger partial charge < -0.3 is 15.2 Å². The molecule has 5 heteroatoms. The average Bonchev–Trinajstić information content (AvgIpc) is 2.69. The van der Waals surface area contributed by atoms with Crippen molar-refractivity contribution in [1.29, 1.82) is 0 Å². The zero-order valence-corrected chi connectivity index (χ0v) is 10.3. The van der Waals surface area contributed by atoms with Crippen LogP contribution < -0.4 is 10.1 Å². The predicted octanol–water partition coefficient (Wildman–Crippen LogP) is 1.06. The van der Waals surface area contributed by atoms with Gasteiger partial charge in [-0.1, -0.05) is 12.1 Å². The van der Waals surface area contributed by atoms with Crippen LogP contribution in [0.1, 0.15) is 24.5 Å². The summed E-state index contributed by atoms with van der Waals surface area (Å²) < 4.78 is 5.23. The number of carbonyl (C=O) groups excluding carboxylic acids is 1. The molecule has 2 rings (SSSR count). The maximum Gasteiger partial charge on any atom is 0.334 e. The summed E-state index contributed by atoms with van der Waals surface area (Å²) >= 11 is 0. The minimum atomic E-state index is -1.32. The summed E-state index contributed by atoms with van der Waals surface area (Å²) in [6.45, 7) is 1.32.